The van der Waals surface area contributed by atoms with Gasteiger partial charge in [0.15, 0.2) is 0 Å². The summed E-state index contributed by atoms with van der Waals surface area (Å²) in [6.07, 6.45) is 0.709. The molecule has 0 bridgehead atoms. The van der Waals surface area contributed by atoms with Crippen LogP contribution < -0.4 is 5.73 Å². The van der Waals surface area contributed by atoms with E-state index in [9.17, 15) is 13.5 Å². The first kappa shape index (κ1) is 14.8. The molecule has 1 saturated heterocycles. The lowest BCUT2D eigenvalue weighted by Gasteiger charge is -2.25. The summed E-state index contributed by atoms with van der Waals surface area (Å²) in [5, 5.41) is 18.2. The van der Waals surface area contributed by atoms with Gasteiger partial charge in [-0.2, -0.15) is 9.57 Å². The van der Waals surface area contributed by atoms with Crippen molar-refractivity contribution in [1.29, 1.82) is 5.26 Å². The number of nitrogens with zero attached hydrogens (tertiary/aromatic N) is 2. The van der Waals surface area contributed by atoms with Gasteiger partial charge in [-0.15, -0.1) is 0 Å². The average molecular weight is 295 g/mol. The zero-order chi connectivity index (χ0) is 14.9. The van der Waals surface area contributed by atoms with Gasteiger partial charge in [-0.1, -0.05) is 6.92 Å². The second kappa shape index (κ2) is 5.40. The van der Waals surface area contributed by atoms with Gasteiger partial charge in [0.05, 0.1) is 30.0 Å². The third-order valence-corrected chi connectivity index (χ3v) is 5.74. The Hall–Kier alpha value is -1.62. The van der Waals surface area contributed by atoms with Crippen LogP contribution in [0.25, 0.3) is 0 Å². The highest BCUT2D eigenvalue weighted by molar-refractivity contribution is 7.89. The van der Waals surface area contributed by atoms with E-state index in [0.717, 1.165) is 0 Å². The summed E-state index contributed by atoms with van der Waals surface area (Å²) in [7, 11) is -3.75. The van der Waals surface area contributed by atoms with Crippen molar-refractivity contribution in [3.63, 3.8) is 0 Å². The van der Waals surface area contributed by atoms with Gasteiger partial charge in [0.2, 0.25) is 10.0 Å². The summed E-state index contributed by atoms with van der Waals surface area (Å²) in [6, 6.07) is 5.62. The van der Waals surface area contributed by atoms with E-state index in [-0.39, 0.29) is 23.1 Å². The third-order valence-electron chi connectivity index (χ3n) is 3.74. The number of nitriles is 1. The lowest BCUT2D eigenvalue weighted by atomic mass is 10.0. The molecule has 1 aliphatic heterocycles. The Balaban J connectivity index is 2.43. The molecule has 1 aromatic rings. The summed E-state index contributed by atoms with van der Waals surface area (Å²) < 4.78 is 26.5. The van der Waals surface area contributed by atoms with Crippen molar-refractivity contribution < 1.29 is 13.5 Å². The fourth-order valence-corrected chi connectivity index (χ4v) is 4.35. The van der Waals surface area contributed by atoms with Crippen molar-refractivity contribution in [3.05, 3.63) is 23.8 Å². The number of aliphatic hydroxyl groups is 1. The molecule has 20 heavy (non-hydrogen) atoms. The molecule has 1 aliphatic rings. The second-order valence-corrected chi connectivity index (χ2v) is 6.86. The molecule has 3 N–H and O–H groups in total. The molecule has 0 amide bonds. The van der Waals surface area contributed by atoms with Gasteiger partial charge in [-0.25, -0.2) is 8.42 Å². The summed E-state index contributed by atoms with van der Waals surface area (Å²) in [5.41, 5.74) is 6.12. The zero-order valence-corrected chi connectivity index (χ0v) is 12.0. The summed E-state index contributed by atoms with van der Waals surface area (Å²) in [5.74, 6) is 0.106. The van der Waals surface area contributed by atoms with Crippen LogP contribution in [0.15, 0.2) is 23.1 Å². The number of hydrogen-bond acceptors (Lipinski definition) is 5. The number of aliphatic hydroxyl groups excluding tert-OH is 1. The Morgan fingerprint density at radius 2 is 2.25 bits per heavy atom. The third kappa shape index (κ3) is 2.38. The highest BCUT2D eigenvalue weighted by Gasteiger charge is 2.39. The van der Waals surface area contributed by atoms with Crippen LogP contribution >= 0.6 is 0 Å². The minimum absolute atomic E-state index is 0.0101. The highest BCUT2D eigenvalue weighted by Crippen LogP contribution is 2.32. The molecule has 1 heterocycles. The van der Waals surface area contributed by atoms with E-state index in [1.807, 2.05) is 13.0 Å². The number of rotatable bonds is 3. The van der Waals surface area contributed by atoms with Gasteiger partial charge < -0.3 is 10.8 Å². The summed E-state index contributed by atoms with van der Waals surface area (Å²) in [4.78, 5) is -0.0101. The van der Waals surface area contributed by atoms with Gasteiger partial charge in [-0.3, -0.25) is 0 Å². The van der Waals surface area contributed by atoms with Gasteiger partial charge >= 0.3 is 0 Å². The minimum atomic E-state index is -3.75. The maximum Gasteiger partial charge on any atom is 0.245 e. The topological polar surface area (TPSA) is 107 Å². The SMILES string of the molecule is CC1CCN(S(=O)(=O)c2ccc(C#N)cc2N)C1CO. The molecule has 1 fully saturated rings. The Morgan fingerprint density at radius 1 is 1.55 bits per heavy atom. The molecule has 0 aliphatic carbocycles. The van der Waals surface area contributed by atoms with Gasteiger partial charge in [0.1, 0.15) is 4.90 Å². The Kier molecular flexibility index (Phi) is 3.99. The van der Waals surface area contributed by atoms with Gasteiger partial charge in [0.25, 0.3) is 0 Å². The normalized spacial score (nSPS) is 23.6. The lowest BCUT2D eigenvalue weighted by molar-refractivity contribution is 0.191. The van der Waals surface area contributed by atoms with Crippen molar-refractivity contribution in [2.24, 2.45) is 5.92 Å². The van der Waals surface area contributed by atoms with Crippen LogP contribution in [0, 0.1) is 17.2 Å². The van der Waals surface area contributed by atoms with Crippen molar-refractivity contribution in [1.82, 2.24) is 4.31 Å². The smallest absolute Gasteiger partial charge is 0.245 e. The van der Waals surface area contributed by atoms with Crippen LogP contribution in [0.5, 0.6) is 0 Å². The van der Waals surface area contributed by atoms with Crippen LogP contribution in [-0.2, 0) is 10.0 Å². The fourth-order valence-electron chi connectivity index (χ4n) is 2.52. The molecule has 108 valence electrons. The lowest BCUT2D eigenvalue weighted by Crippen LogP contribution is -2.40. The Morgan fingerprint density at radius 3 is 2.80 bits per heavy atom. The molecule has 2 unspecified atom stereocenters. The second-order valence-electron chi connectivity index (χ2n) is 5.00. The fraction of sp³-hybridized carbons (Fsp3) is 0.462. The van der Waals surface area contributed by atoms with Gasteiger partial charge in [0, 0.05) is 6.54 Å². The monoisotopic (exact) mass is 295 g/mol. The van der Waals surface area contributed by atoms with E-state index in [2.05, 4.69) is 0 Å². The zero-order valence-electron chi connectivity index (χ0n) is 11.2. The quantitative estimate of drug-likeness (QED) is 0.791. The van der Waals surface area contributed by atoms with Crippen LogP contribution in [0.4, 0.5) is 5.69 Å². The molecular weight excluding hydrogens is 278 g/mol. The maximum atomic E-state index is 12.6. The predicted octanol–water partition coefficient (Wildman–Crippen LogP) is 0.532. The van der Waals surface area contributed by atoms with Crippen molar-refractivity contribution in [2.45, 2.75) is 24.3 Å². The molecule has 2 rings (SSSR count). The highest BCUT2D eigenvalue weighted by atomic mass is 32.2. The molecule has 0 spiro atoms. The van der Waals surface area contributed by atoms with E-state index in [1.54, 1.807) is 0 Å². The number of nitrogen functional groups attached to an aromatic ring is 1. The molecule has 6 nitrogen and oxygen atoms in total. The van der Waals surface area contributed by atoms with E-state index in [0.29, 0.717) is 18.5 Å². The first-order chi connectivity index (χ1) is 9.41. The van der Waals surface area contributed by atoms with Crippen molar-refractivity contribution in [3.8, 4) is 6.07 Å². The van der Waals surface area contributed by atoms with Crippen molar-refractivity contribution >= 4 is 15.7 Å². The number of hydrogen-bond donors (Lipinski definition) is 2. The van der Waals surface area contributed by atoms with Crippen LogP contribution in [0.3, 0.4) is 0 Å². The van der Waals surface area contributed by atoms with Gasteiger partial charge in [-0.05, 0) is 30.5 Å². The molecule has 2 atom stereocenters. The largest absolute Gasteiger partial charge is 0.398 e. The summed E-state index contributed by atoms with van der Waals surface area (Å²) in [6.45, 7) is 2.07. The van der Waals surface area contributed by atoms with Crippen LogP contribution in [-0.4, -0.2) is 37.0 Å². The van der Waals surface area contributed by atoms with Crippen LogP contribution in [0.2, 0.25) is 0 Å². The Labute approximate surface area is 118 Å². The Bertz CT molecular complexity index is 651. The number of benzene rings is 1. The average Bonchev–Trinajstić information content (AvgIpc) is 2.79. The van der Waals surface area contributed by atoms with E-state index < -0.39 is 16.1 Å². The van der Waals surface area contributed by atoms with E-state index >= 15 is 0 Å². The first-order valence-corrected chi connectivity index (χ1v) is 7.78. The number of sulfonamides is 1. The van der Waals surface area contributed by atoms with Crippen LogP contribution in [0.1, 0.15) is 18.9 Å². The molecule has 0 aromatic heterocycles. The minimum Gasteiger partial charge on any atom is -0.398 e. The molecule has 0 saturated carbocycles. The number of anilines is 1. The maximum absolute atomic E-state index is 12.6. The molecule has 7 heteroatoms. The van der Waals surface area contributed by atoms with Crippen molar-refractivity contribution in [2.75, 3.05) is 18.9 Å². The number of nitrogens with two attached hydrogens (primary N) is 1. The van der Waals surface area contributed by atoms with E-state index in [4.69, 9.17) is 11.0 Å². The molecular formula is C13H17N3O3S. The molecule has 1 aromatic carbocycles. The van der Waals surface area contributed by atoms with E-state index in [1.165, 1.54) is 22.5 Å². The summed E-state index contributed by atoms with van der Waals surface area (Å²) >= 11 is 0. The first-order valence-electron chi connectivity index (χ1n) is 6.34. The standard InChI is InChI=1S/C13H17N3O3S/c1-9-4-5-16(12(9)8-17)20(18,19)13-3-2-10(7-14)6-11(13)15/h2-3,6,9,12,17H,4-5,8,15H2,1H3. The predicted molar refractivity (Wildman–Crippen MR) is 74.1 cm³/mol. The molecule has 0 radical (unpaired) electrons.